The number of rotatable bonds is 4. The van der Waals surface area contributed by atoms with Gasteiger partial charge in [0.05, 0.1) is 6.04 Å². The number of benzene rings is 1. The molecule has 1 N–H and O–H groups in total. The van der Waals surface area contributed by atoms with Crippen LogP contribution >= 0.6 is 0 Å². The standard InChI is InChI=1S/C13H12F3N3/c1-2-19-13(8-5-17-7-18-6-8)9-3-4-10(14)12(16)11(9)15/h3-7,13,19H,2H2,1H3. The van der Waals surface area contributed by atoms with Gasteiger partial charge in [-0.05, 0) is 12.6 Å². The fourth-order valence-electron chi connectivity index (χ4n) is 1.83. The Kier molecular flexibility index (Phi) is 4.11. The summed E-state index contributed by atoms with van der Waals surface area (Å²) >= 11 is 0. The predicted molar refractivity (Wildman–Crippen MR) is 63.9 cm³/mol. The largest absolute Gasteiger partial charge is 0.306 e. The molecule has 0 aliphatic carbocycles. The van der Waals surface area contributed by atoms with E-state index in [1.807, 2.05) is 6.92 Å². The first-order chi connectivity index (χ1) is 9.15. The molecule has 1 atom stereocenters. The summed E-state index contributed by atoms with van der Waals surface area (Å²) < 4.78 is 40.1. The predicted octanol–water partition coefficient (Wildman–Crippen LogP) is 2.59. The van der Waals surface area contributed by atoms with Crippen LogP contribution in [0.3, 0.4) is 0 Å². The van der Waals surface area contributed by atoms with Gasteiger partial charge < -0.3 is 5.32 Å². The molecule has 6 heteroatoms. The van der Waals surface area contributed by atoms with Gasteiger partial charge in [0.25, 0.3) is 0 Å². The molecule has 0 bridgehead atoms. The van der Waals surface area contributed by atoms with Crippen LogP contribution in [0, 0.1) is 17.5 Å². The van der Waals surface area contributed by atoms with Crippen LogP contribution in [0.25, 0.3) is 0 Å². The zero-order chi connectivity index (χ0) is 13.8. The third-order valence-corrected chi connectivity index (χ3v) is 2.70. The number of halogens is 3. The topological polar surface area (TPSA) is 37.8 Å². The summed E-state index contributed by atoms with van der Waals surface area (Å²) in [7, 11) is 0. The molecule has 1 heterocycles. The molecule has 1 aromatic heterocycles. The molecule has 2 rings (SSSR count). The second kappa shape index (κ2) is 5.79. The highest BCUT2D eigenvalue weighted by Crippen LogP contribution is 2.26. The summed E-state index contributed by atoms with van der Waals surface area (Å²) in [6.45, 7) is 2.35. The zero-order valence-electron chi connectivity index (χ0n) is 10.2. The van der Waals surface area contributed by atoms with E-state index < -0.39 is 23.5 Å². The van der Waals surface area contributed by atoms with Gasteiger partial charge in [0.1, 0.15) is 6.33 Å². The molecule has 0 saturated heterocycles. The van der Waals surface area contributed by atoms with Crippen molar-refractivity contribution in [1.82, 2.24) is 15.3 Å². The lowest BCUT2D eigenvalue weighted by Gasteiger charge is -2.19. The molecule has 0 spiro atoms. The average molecular weight is 267 g/mol. The van der Waals surface area contributed by atoms with E-state index in [0.717, 1.165) is 6.07 Å². The number of aromatic nitrogens is 2. The highest BCUT2D eigenvalue weighted by molar-refractivity contribution is 5.31. The minimum Gasteiger partial charge on any atom is -0.306 e. The minimum absolute atomic E-state index is 0.0237. The van der Waals surface area contributed by atoms with Gasteiger partial charge in [-0.3, -0.25) is 0 Å². The number of nitrogens with one attached hydrogen (secondary N) is 1. The van der Waals surface area contributed by atoms with Crippen LogP contribution in [0.4, 0.5) is 13.2 Å². The van der Waals surface area contributed by atoms with Gasteiger partial charge in [-0.25, -0.2) is 23.1 Å². The second-order valence-electron chi connectivity index (χ2n) is 3.93. The van der Waals surface area contributed by atoms with E-state index in [1.165, 1.54) is 24.8 Å². The van der Waals surface area contributed by atoms with E-state index in [0.29, 0.717) is 12.1 Å². The van der Waals surface area contributed by atoms with Crippen molar-refractivity contribution in [3.63, 3.8) is 0 Å². The highest BCUT2D eigenvalue weighted by atomic mass is 19.2. The molecule has 1 unspecified atom stereocenters. The summed E-state index contributed by atoms with van der Waals surface area (Å²) in [5, 5.41) is 2.99. The molecule has 0 fully saturated rings. The average Bonchev–Trinajstić information content (AvgIpc) is 2.44. The molecular formula is C13H12F3N3. The van der Waals surface area contributed by atoms with Crippen LogP contribution in [-0.4, -0.2) is 16.5 Å². The maximum Gasteiger partial charge on any atom is 0.194 e. The first-order valence-corrected chi connectivity index (χ1v) is 5.76. The lowest BCUT2D eigenvalue weighted by atomic mass is 10.00. The van der Waals surface area contributed by atoms with Crippen molar-refractivity contribution in [2.45, 2.75) is 13.0 Å². The Morgan fingerprint density at radius 3 is 2.42 bits per heavy atom. The molecule has 0 aliphatic heterocycles. The number of hydrogen-bond acceptors (Lipinski definition) is 3. The summed E-state index contributed by atoms with van der Waals surface area (Å²) in [4.78, 5) is 7.68. The SMILES string of the molecule is CCNC(c1cncnc1)c1ccc(F)c(F)c1F. The van der Waals surface area contributed by atoms with E-state index in [9.17, 15) is 13.2 Å². The van der Waals surface area contributed by atoms with E-state index in [1.54, 1.807) is 0 Å². The van der Waals surface area contributed by atoms with Gasteiger partial charge in [0.2, 0.25) is 0 Å². The summed E-state index contributed by atoms with van der Waals surface area (Å²) in [6, 6.07) is 1.50. The lowest BCUT2D eigenvalue weighted by molar-refractivity contribution is 0.433. The van der Waals surface area contributed by atoms with Crippen LogP contribution in [-0.2, 0) is 0 Å². The van der Waals surface area contributed by atoms with Crippen LogP contribution in [0.15, 0.2) is 30.9 Å². The van der Waals surface area contributed by atoms with Gasteiger partial charge in [-0.15, -0.1) is 0 Å². The van der Waals surface area contributed by atoms with Crippen LogP contribution in [0.2, 0.25) is 0 Å². The summed E-state index contributed by atoms with van der Waals surface area (Å²) in [6.07, 6.45) is 4.34. The van der Waals surface area contributed by atoms with Crippen molar-refractivity contribution in [2.75, 3.05) is 6.54 Å². The molecule has 0 radical (unpaired) electrons. The summed E-state index contributed by atoms with van der Waals surface area (Å²) in [5.41, 5.74) is 0.602. The number of hydrogen-bond donors (Lipinski definition) is 1. The third kappa shape index (κ3) is 2.73. The maximum atomic E-state index is 13.8. The Labute approximate surface area is 108 Å². The van der Waals surface area contributed by atoms with Crippen molar-refractivity contribution in [1.29, 1.82) is 0 Å². The molecule has 2 aromatic rings. The second-order valence-corrected chi connectivity index (χ2v) is 3.93. The van der Waals surface area contributed by atoms with E-state index in [-0.39, 0.29) is 5.56 Å². The van der Waals surface area contributed by atoms with Crippen molar-refractivity contribution >= 4 is 0 Å². The Balaban J connectivity index is 2.49. The Bertz CT molecular complexity index is 561. The van der Waals surface area contributed by atoms with Gasteiger partial charge >= 0.3 is 0 Å². The van der Waals surface area contributed by atoms with E-state index >= 15 is 0 Å². The quantitative estimate of drug-likeness (QED) is 0.865. The smallest absolute Gasteiger partial charge is 0.194 e. The van der Waals surface area contributed by atoms with E-state index in [4.69, 9.17) is 0 Å². The highest BCUT2D eigenvalue weighted by Gasteiger charge is 2.21. The van der Waals surface area contributed by atoms with E-state index in [2.05, 4.69) is 15.3 Å². The number of nitrogens with zero attached hydrogens (tertiary/aromatic N) is 2. The van der Waals surface area contributed by atoms with Gasteiger partial charge in [-0.1, -0.05) is 13.0 Å². The monoisotopic (exact) mass is 267 g/mol. The first kappa shape index (κ1) is 13.5. The Morgan fingerprint density at radius 1 is 1.11 bits per heavy atom. The Hall–Kier alpha value is -1.95. The molecule has 0 amide bonds. The Morgan fingerprint density at radius 2 is 1.79 bits per heavy atom. The molecule has 1 aromatic carbocycles. The minimum atomic E-state index is -1.47. The first-order valence-electron chi connectivity index (χ1n) is 5.76. The van der Waals surface area contributed by atoms with Crippen LogP contribution in [0.5, 0.6) is 0 Å². The normalized spacial score (nSPS) is 12.4. The van der Waals surface area contributed by atoms with Crippen molar-refractivity contribution in [3.8, 4) is 0 Å². The van der Waals surface area contributed by atoms with Gasteiger partial charge in [0.15, 0.2) is 17.5 Å². The van der Waals surface area contributed by atoms with Gasteiger partial charge in [0, 0.05) is 23.5 Å². The molecule has 0 saturated carbocycles. The molecule has 100 valence electrons. The van der Waals surface area contributed by atoms with Crippen molar-refractivity contribution in [2.24, 2.45) is 0 Å². The lowest BCUT2D eigenvalue weighted by Crippen LogP contribution is -2.23. The molecular weight excluding hydrogens is 255 g/mol. The fraction of sp³-hybridized carbons (Fsp3) is 0.231. The third-order valence-electron chi connectivity index (χ3n) is 2.70. The molecule has 3 nitrogen and oxygen atoms in total. The van der Waals surface area contributed by atoms with Crippen LogP contribution in [0.1, 0.15) is 24.1 Å². The van der Waals surface area contributed by atoms with Gasteiger partial charge in [-0.2, -0.15) is 0 Å². The van der Waals surface area contributed by atoms with Crippen LogP contribution < -0.4 is 5.32 Å². The molecule has 0 aliphatic rings. The zero-order valence-corrected chi connectivity index (χ0v) is 10.2. The molecule has 19 heavy (non-hydrogen) atoms. The van der Waals surface area contributed by atoms with Crippen molar-refractivity contribution < 1.29 is 13.2 Å². The summed E-state index contributed by atoms with van der Waals surface area (Å²) in [5.74, 6) is -3.88. The van der Waals surface area contributed by atoms with Crippen molar-refractivity contribution in [3.05, 3.63) is 59.4 Å². The fourth-order valence-corrected chi connectivity index (χ4v) is 1.83. The maximum absolute atomic E-state index is 13.8.